The Balaban J connectivity index is 2.04. The van der Waals surface area contributed by atoms with E-state index < -0.39 is 4.87 Å². The topological polar surface area (TPSA) is 26.3 Å². The highest BCUT2D eigenvalue weighted by Gasteiger charge is 2.50. The van der Waals surface area contributed by atoms with E-state index >= 15 is 0 Å². The number of carbonyl (C=O) groups is 1. The van der Waals surface area contributed by atoms with E-state index in [9.17, 15) is 4.79 Å². The number of halogens is 2. The third kappa shape index (κ3) is 2.02. The van der Waals surface area contributed by atoms with Gasteiger partial charge in [-0.25, -0.2) is 4.79 Å². The second kappa shape index (κ2) is 3.44. The fraction of sp³-hybridized carbons (Fsp3) is 0.300. The summed E-state index contributed by atoms with van der Waals surface area (Å²) in [5, 5.41) is 0.608. The van der Waals surface area contributed by atoms with Crippen molar-refractivity contribution in [2.24, 2.45) is 0 Å². The Hall–Kier alpha value is -0.730. The van der Waals surface area contributed by atoms with Gasteiger partial charge in [0, 0.05) is 5.02 Å². The standard InChI is InChI=1S/C10H8Cl2O2/c11-7-1-3-8(4-2-7)14-9(13)10(12)5-6-10/h1-4H,5-6H2. The molecule has 1 saturated carbocycles. The summed E-state index contributed by atoms with van der Waals surface area (Å²) in [6.45, 7) is 0. The van der Waals surface area contributed by atoms with E-state index in [-0.39, 0.29) is 5.97 Å². The van der Waals surface area contributed by atoms with Gasteiger partial charge in [-0.3, -0.25) is 0 Å². The average Bonchev–Trinajstić information content (AvgIpc) is 2.89. The maximum Gasteiger partial charge on any atom is 0.332 e. The van der Waals surface area contributed by atoms with Crippen LogP contribution in [0.1, 0.15) is 12.8 Å². The molecule has 1 aliphatic carbocycles. The monoisotopic (exact) mass is 230 g/mol. The smallest absolute Gasteiger partial charge is 0.332 e. The summed E-state index contributed by atoms with van der Waals surface area (Å²) in [7, 11) is 0. The van der Waals surface area contributed by atoms with Crippen molar-refractivity contribution in [1.82, 2.24) is 0 Å². The van der Waals surface area contributed by atoms with Crippen LogP contribution in [-0.2, 0) is 4.79 Å². The first-order valence-electron chi connectivity index (χ1n) is 4.27. The molecule has 1 aliphatic rings. The molecule has 1 fully saturated rings. The van der Waals surface area contributed by atoms with Gasteiger partial charge >= 0.3 is 5.97 Å². The molecule has 1 aromatic carbocycles. The minimum atomic E-state index is -0.764. The Labute approximate surface area is 91.8 Å². The fourth-order valence-corrected chi connectivity index (χ4v) is 1.27. The summed E-state index contributed by atoms with van der Waals surface area (Å²) in [5.41, 5.74) is 0. The molecule has 0 spiro atoms. The van der Waals surface area contributed by atoms with Crippen molar-refractivity contribution in [3.05, 3.63) is 29.3 Å². The van der Waals surface area contributed by atoms with Crippen molar-refractivity contribution in [3.63, 3.8) is 0 Å². The van der Waals surface area contributed by atoms with Gasteiger partial charge in [-0.2, -0.15) is 0 Å². The van der Waals surface area contributed by atoms with E-state index in [0.29, 0.717) is 23.6 Å². The van der Waals surface area contributed by atoms with Crippen LogP contribution < -0.4 is 4.74 Å². The largest absolute Gasteiger partial charge is 0.425 e. The third-order valence-electron chi connectivity index (χ3n) is 2.08. The fourth-order valence-electron chi connectivity index (χ4n) is 1.02. The molecule has 74 valence electrons. The second-order valence-corrected chi connectivity index (χ2v) is 4.47. The van der Waals surface area contributed by atoms with E-state index in [1.54, 1.807) is 24.3 Å². The zero-order valence-corrected chi connectivity index (χ0v) is 8.81. The van der Waals surface area contributed by atoms with Crippen molar-refractivity contribution >= 4 is 29.2 Å². The van der Waals surface area contributed by atoms with Gasteiger partial charge in [0.15, 0.2) is 0 Å². The second-order valence-electron chi connectivity index (χ2n) is 3.31. The number of carbonyl (C=O) groups excluding carboxylic acids is 1. The molecule has 0 aliphatic heterocycles. The molecule has 0 bridgehead atoms. The predicted octanol–water partition coefficient (Wildman–Crippen LogP) is 3.02. The lowest BCUT2D eigenvalue weighted by atomic mass is 10.3. The van der Waals surface area contributed by atoms with Gasteiger partial charge in [0.25, 0.3) is 0 Å². The van der Waals surface area contributed by atoms with Gasteiger partial charge in [-0.15, -0.1) is 11.6 Å². The summed E-state index contributed by atoms with van der Waals surface area (Å²) in [6, 6.07) is 6.61. The highest BCUT2D eigenvalue weighted by molar-refractivity contribution is 6.36. The molecule has 14 heavy (non-hydrogen) atoms. The zero-order valence-electron chi connectivity index (χ0n) is 7.30. The third-order valence-corrected chi connectivity index (χ3v) is 2.86. The summed E-state index contributed by atoms with van der Waals surface area (Å²) in [4.78, 5) is 10.6. The first kappa shape index (κ1) is 9.81. The molecule has 1 aromatic rings. The van der Waals surface area contributed by atoms with Crippen molar-refractivity contribution in [2.75, 3.05) is 0 Å². The highest BCUT2D eigenvalue weighted by Crippen LogP contribution is 2.43. The SMILES string of the molecule is O=C(Oc1ccc(Cl)cc1)C1(Cl)CC1. The zero-order chi connectivity index (χ0) is 10.2. The lowest BCUT2D eigenvalue weighted by molar-refractivity contribution is -0.134. The van der Waals surface area contributed by atoms with E-state index in [1.807, 2.05) is 0 Å². The van der Waals surface area contributed by atoms with Gasteiger partial charge in [-0.05, 0) is 37.1 Å². The van der Waals surface area contributed by atoms with Crippen molar-refractivity contribution in [3.8, 4) is 5.75 Å². The first-order valence-corrected chi connectivity index (χ1v) is 5.02. The predicted molar refractivity (Wildman–Crippen MR) is 54.9 cm³/mol. The molecule has 0 aromatic heterocycles. The minimum absolute atomic E-state index is 0.374. The molecule has 2 rings (SSSR count). The lowest BCUT2D eigenvalue weighted by Gasteiger charge is -2.06. The Morgan fingerprint density at radius 2 is 1.86 bits per heavy atom. The number of hydrogen-bond acceptors (Lipinski definition) is 2. The highest BCUT2D eigenvalue weighted by atomic mass is 35.5. The Morgan fingerprint density at radius 1 is 1.29 bits per heavy atom. The first-order chi connectivity index (χ1) is 6.60. The van der Waals surface area contributed by atoms with E-state index in [0.717, 1.165) is 0 Å². The number of ether oxygens (including phenoxy) is 1. The van der Waals surface area contributed by atoms with Crippen LogP contribution in [0.5, 0.6) is 5.75 Å². The summed E-state index contributed by atoms with van der Waals surface area (Å²) in [6.07, 6.45) is 1.39. The molecular weight excluding hydrogens is 223 g/mol. The number of alkyl halides is 1. The van der Waals surface area contributed by atoms with Crippen LogP contribution in [0.25, 0.3) is 0 Å². The van der Waals surface area contributed by atoms with E-state index in [1.165, 1.54) is 0 Å². The lowest BCUT2D eigenvalue weighted by Crippen LogP contribution is -2.21. The van der Waals surface area contributed by atoms with Gasteiger partial charge in [0.1, 0.15) is 10.6 Å². The molecule has 4 heteroatoms. The number of hydrogen-bond donors (Lipinski definition) is 0. The van der Waals surface area contributed by atoms with E-state index in [4.69, 9.17) is 27.9 Å². The van der Waals surface area contributed by atoms with Gasteiger partial charge in [-0.1, -0.05) is 11.6 Å². The molecule has 0 atom stereocenters. The molecule has 0 radical (unpaired) electrons. The molecule has 0 N–H and O–H groups in total. The molecule has 0 saturated heterocycles. The van der Waals surface area contributed by atoms with Crippen LogP contribution in [0.15, 0.2) is 24.3 Å². The van der Waals surface area contributed by atoms with E-state index in [2.05, 4.69) is 0 Å². The molecule has 0 unspecified atom stereocenters. The van der Waals surface area contributed by atoms with Crippen molar-refractivity contribution < 1.29 is 9.53 Å². The molecular formula is C10H8Cl2O2. The summed E-state index contributed by atoms with van der Waals surface area (Å²) < 4.78 is 5.07. The summed E-state index contributed by atoms with van der Waals surface area (Å²) >= 11 is 11.6. The number of rotatable bonds is 2. The van der Waals surface area contributed by atoms with Crippen LogP contribution in [0.2, 0.25) is 5.02 Å². The van der Waals surface area contributed by atoms with Crippen molar-refractivity contribution in [1.29, 1.82) is 0 Å². The Morgan fingerprint density at radius 3 is 2.36 bits per heavy atom. The van der Waals surface area contributed by atoms with Crippen LogP contribution >= 0.6 is 23.2 Å². The van der Waals surface area contributed by atoms with Crippen LogP contribution in [0, 0.1) is 0 Å². The average molecular weight is 231 g/mol. The Bertz CT molecular complexity index is 355. The van der Waals surface area contributed by atoms with Crippen LogP contribution in [0.3, 0.4) is 0 Å². The molecule has 2 nitrogen and oxygen atoms in total. The minimum Gasteiger partial charge on any atom is -0.425 e. The maximum atomic E-state index is 11.4. The number of benzene rings is 1. The normalized spacial score (nSPS) is 17.6. The van der Waals surface area contributed by atoms with Crippen LogP contribution in [-0.4, -0.2) is 10.8 Å². The quantitative estimate of drug-likeness (QED) is 0.444. The van der Waals surface area contributed by atoms with Crippen LogP contribution in [0.4, 0.5) is 0 Å². The number of esters is 1. The van der Waals surface area contributed by atoms with Gasteiger partial charge in [0.05, 0.1) is 0 Å². The molecule has 0 heterocycles. The van der Waals surface area contributed by atoms with Crippen molar-refractivity contribution in [2.45, 2.75) is 17.7 Å². The Kier molecular flexibility index (Phi) is 2.41. The maximum absolute atomic E-state index is 11.4. The van der Waals surface area contributed by atoms with Gasteiger partial charge in [0.2, 0.25) is 0 Å². The van der Waals surface area contributed by atoms with Gasteiger partial charge < -0.3 is 4.74 Å². The summed E-state index contributed by atoms with van der Waals surface area (Å²) in [5.74, 6) is 0.104. The molecule has 0 amide bonds.